The molecule has 0 bridgehead atoms. The lowest BCUT2D eigenvalue weighted by molar-refractivity contribution is 1.05. The van der Waals surface area contributed by atoms with E-state index in [1.807, 2.05) is 115 Å². The zero-order chi connectivity index (χ0) is 34.1. The summed E-state index contributed by atoms with van der Waals surface area (Å²) in [7, 11) is 0. The van der Waals surface area contributed by atoms with E-state index in [-0.39, 0.29) is 0 Å². The van der Waals surface area contributed by atoms with Crippen LogP contribution in [0.1, 0.15) is 0 Å². The zero-order valence-corrected chi connectivity index (χ0v) is 27.1. The summed E-state index contributed by atoms with van der Waals surface area (Å²) >= 11 is 0. The predicted octanol–water partition coefficient (Wildman–Crippen LogP) is 9.36. The standard InChI is InChI=1S/C10H8.4C8H6N2/c1-2-6-10-8-4-3-7-9(10)5-1;1-2-4-8-6-10-9-5-7(8)3-1;3*1-2-4-8-7(3-1)5-6-9-10-8/h1-8H;4*1-6H. The van der Waals surface area contributed by atoms with Crippen molar-refractivity contribution in [3.8, 4) is 0 Å². The molecule has 0 radical (unpaired) electrons. The Morgan fingerprint density at radius 3 is 0.780 bits per heavy atom. The van der Waals surface area contributed by atoms with Gasteiger partial charge in [0.05, 0.1) is 47.5 Å². The molecule has 10 rings (SSSR count). The van der Waals surface area contributed by atoms with Crippen molar-refractivity contribution in [1.29, 1.82) is 0 Å². The van der Waals surface area contributed by atoms with Crippen molar-refractivity contribution in [3.05, 3.63) is 195 Å². The molecule has 0 aliphatic carbocycles. The number of fused-ring (bicyclic) bond motifs is 5. The Kier molecular flexibility index (Phi) is 11.7. The molecule has 0 unspecified atom stereocenters. The summed E-state index contributed by atoms with van der Waals surface area (Å²) in [6, 6.07) is 54.3. The average Bonchev–Trinajstić information content (AvgIpc) is 3.22. The third-order valence-electron chi connectivity index (χ3n) is 7.38. The van der Waals surface area contributed by atoms with E-state index < -0.39 is 0 Å². The van der Waals surface area contributed by atoms with Crippen LogP contribution in [0.4, 0.5) is 0 Å². The van der Waals surface area contributed by atoms with Gasteiger partial charge >= 0.3 is 0 Å². The Balaban J connectivity index is 0.000000108. The van der Waals surface area contributed by atoms with Crippen molar-refractivity contribution in [3.63, 3.8) is 0 Å². The van der Waals surface area contributed by atoms with Crippen molar-refractivity contribution in [2.75, 3.05) is 0 Å². The molecule has 0 aliphatic rings. The maximum absolute atomic E-state index is 3.93. The van der Waals surface area contributed by atoms with E-state index in [9.17, 15) is 0 Å². The fourth-order valence-electron chi connectivity index (χ4n) is 4.86. The van der Waals surface area contributed by atoms with Crippen molar-refractivity contribution in [2.24, 2.45) is 0 Å². The van der Waals surface area contributed by atoms with E-state index in [2.05, 4.69) is 89.3 Å². The van der Waals surface area contributed by atoms with E-state index in [0.29, 0.717) is 0 Å². The molecule has 8 nitrogen and oxygen atoms in total. The molecule has 8 heteroatoms. The predicted molar refractivity (Wildman–Crippen MR) is 202 cm³/mol. The van der Waals surface area contributed by atoms with Gasteiger partial charge in [0.25, 0.3) is 0 Å². The fourth-order valence-corrected chi connectivity index (χ4v) is 4.86. The largest absolute Gasteiger partial charge is 0.159 e. The summed E-state index contributed by atoms with van der Waals surface area (Å²) in [6.45, 7) is 0. The van der Waals surface area contributed by atoms with Gasteiger partial charge in [0, 0.05) is 26.9 Å². The van der Waals surface area contributed by atoms with Crippen LogP contribution in [0.5, 0.6) is 0 Å². The number of rotatable bonds is 0. The molecule has 10 aromatic rings. The van der Waals surface area contributed by atoms with Gasteiger partial charge in [-0.15, -0.1) is 0 Å². The van der Waals surface area contributed by atoms with Crippen molar-refractivity contribution < 1.29 is 0 Å². The summed E-state index contributed by atoms with van der Waals surface area (Å²) in [5, 5.41) is 38.9. The molecule has 0 saturated heterocycles. The quantitative estimate of drug-likeness (QED) is 0.160. The van der Waals surface area contributed by atoms with E-state index in [1.165, 1.54) is 10.8 Å². The third kappa shape index (κ3) is 9.49. The van der Waals surface area contributed by atoms with Crippen LogP contribution in [-0.2, 0) is 0 Å². The second-order valence-corrected chi connectivity index (χ2v) is 10.7. The Morgan fingerprint density at radius 1 is 0.220 bits per heavy atom. The van der Waals surface area contributed by atoms with Crippen LogP contribution < -0.4 is 0 Å². The van der Waals surface area contributed by atoms with Crippen molar-refractivity contribution in [2.45, 2.75) is 0 Å². The van der Waals surface area contributed by atoms with Gasteiger partial charge in [-0.2, -0.15) is 40.8 Å². The van der Waals surface area contributed by atoms with Gasteiger partial charge in [0.2, 0.25) is 0 Å². The summed E-state index contributed by atoms with van der Waals surface area (Å²) in [5.74, 6) is 0. The molecule has 0 atom stereocenters. The Morgan fingerprint density at radius 2 is 0.480 bits per heavy atom. The number of nitrogens with zero attached hydrogens (tertiary/aromatic N) is 8. The molecule has 4 aromatic heterocycles. The number of benzene rings is 6. The topological polar surface area (TPSA) is 103 Å². The first kappa shape index (κ1) is 32.9. The fraction of sp³-hybridized carbons (Fsp3) is 0. The lowest BCUT2D eigenvalue weighted by Gasteiger charge is -1.92. The average molecular weight is 649 g/mol. The highest BCUT2D eigenvalue weighted by Gasteiger charge is 1.90. The molecule has 240 valence electrons. The molecule has 0 saturated carbocycles. The zero-order valence-electron chi connectivity index (χ0n) is 27.1. The normalized spacial score (nSPS) is 10.0. The Bertz CT molecular complexity index is 1800. The Labute approximate surface area is 289 Å². The van der Waals surface area contributed by atoms with Crippen LogP contribution in [-0.4, -0.2) is 40.8 Å². The molecule has 50 heavy (non-hydrogen) atoms. The molecular weight excluding hydrogens is 617 g/mol. The lowest BCUT2D eigenvalue weighted by atomic mass is 10.1. The second kappa shape index (κ2) is 17.7. The second-order valence-electron chi connectivity index (χ2n) is 10.7. The first-order chi connectivity index (χ1) is 24.8. The smallest absolute Gasteiger partial charge is 0.0929 e. The molecule has 6 aromatic carbocycles. The van der Waals surface area contributed by atoms with Crippen LogP contribution in [0.2, 0.25) is 0 Å². The summed E-state index contributed by atoms with van der Waals surface area (Å²) in [4.78, 5) is 0. The number of hydrogen-bond acceptors (Lipinski definition) is 8. The molecule has 4 heterocycles. The Hall–Kier alpha value is -7.06. The lowest BCUT2D eigenvalue weighted by Crippen LogP contribution is -1.79. The van der Waals surface area contributed by atoms with Gasteiger partial charge in [-0.3, -0.25) is 0 Å². The van der Waals surface area contributed by atoms with E-state index >= 15 is 0 Å². The SMILES string of the molecule is c1ccc2ccccc2c1.c1ccc2cnncc2c1.c1ccc2nnccc2c1.c1ccc2nnccc2c1.c1ccc2nnccc2c1. The first-order valence-corrected chi connectivity index (χ1v) is 15.9. The number of aromatic nitrogens is 8. The van der Waals surface area contributed by atoms with E-state index in [4.69, 9.17) is 0 Å². The summed E-state index contributed by atoms with van der Waals surface area (Å²) in [5.41, 5.74) is 2.85. The van der Waals surface area contributed by atoms with Crippen molar-refractivity contribution in [1.82, 2.24) is 40.8 Å². The van der Waals surface area contributed by atoms with Gasteiger partial charge in [-0.1, -0.05) is 127 Å². The van der Waals surface area contributed by atoms with E-state index in [1.54, 1.807) is 31.0 Å². The molecule has 0 fully saturated rings. The van der Waals surface area contributed by atoms with Crippen LogP contribution in [0.3, 0.4) is 0 Å². The van der Waals surface area contributed by atoms with Gasteiger partial charge < -0.3 is 0 Å². The van der Waals surface area contributed by atoms with Gasteiger partial charge in [-0.25, -0.2) is 0 Å². The van der Waals surface area contributed by atoms with Crippen LogP contribution in [0.15, 0.2) is 195 Å². The molecule has 0 spiro atoms. The monoisotopic (exact) mass is 648 g/mol. The van der Waals surface area contributed by atoms with Crippen LogP contribution in [0, 0.1) is 0 Å². The van der Waals surface area contributed by atoms with Gasteiger partial charge in [0.15, 0.2) is 0 Å². The highest BCUT2D eigenvalue weighted by atomic mass is 15.1. The minimum Gasteiger partial charge on any atom is -0.159 e. The minimum atomic E-state index is 0.949. The molecule has 0 N–H and O–H groups in total. The van der Waals surface area contributed by atoms with Gasteiger partial charge in [-0.05, 0) is 47.2 Å². The third-order valence-corrected chi connectivity index (χ3v) is 7.38. The molecule has 0 aliphatic heterocycles. The highest BCUT2D eigenvalue weighted by Crippen LogP contribution is 2.12. The summed E-state index contributed by atoms with van der Waals surface area (Å²) in [6.07, 6.45) is 8.61. The number of hydrogen-bond donors (Lipinski definition) is 0. The van der Waals surface area contributed by atoms with E-state index in [0.717, 1.165) is 43.5 Å². The maximum atomic E-state index is 3.93. The highest BCUT2D eigenvalue weighted by molar-refractivity contribution is 5.82. The van der Waals surface area contributed by atoms with Crippen molar-refractivity contribution >= 4 is 54.3 Å². The summed E-state index contributed by atoms with van der Waals surface area (Å²) < 4.78 is 0. The molecular formula is C42H32N8. The van der Waals surface area contributed by atoms with Gasteiger partial charge in [0.1, 0.15) is 0 Å². The van der Waals surface area contributed by atoms with Crippen LogP contribution >= 0.6 is 0 Å². The first-order valence-electron chi connectivity index (χ1n) is 15.9. The molecule has 0 amide bonds. The maximum Gasteiger partial charge on any atom is 0.0929 e. The van der Waals surface area contributed by atoms with Crippen LogP contribution in [0.25, 0.3) is 54.3 Å². The minimum absolute atomic E-state index is 0.949.